The fourth-order valence-corrected chi connectivity index (χ4v) is 14.6. The van der Waals surface area contributed by atoms with E-state index in [1.807, 2.05) is 0 Å². The number of carbonyl (C=O) groups excluding carboxylic acids is 4. The van der Waals surface area contributed by atoms with Gasteiger partial charge in [-0.25, -0.2) is 9.13 Å². The van der Waals surface area contributed by atoms with E-state index in [1.54, 1.807) is 0 Å². The number of hydrogen-bond acceptors (Lipinski definition) is 15. The number of phosphoric ester groups is 2. The summed E-state index contributed by atoms with van der Waals surface area (Å²) in [6, 6.07) is 0. The van der Waals surface area contributed by atoms with Gasteiger partial charge in [0, 0.05) is 25.7 Å². The maximum atomic E-state index is 13.1. The van der Waals surface area contributed by atoms with Crippen LogP contribution in [0.1, 0.15) is 440 Å². The van der Waals surface area contributed by atoms with Gasteiger partial charge in [-0.15, -0.1) is 0 Å². The van der Waals surface area contributed by atoms with Crippen molar-refractivity contribution in [3.8, 4) is 0 Å². The van der Waals surface area contributed by atoms with Gasteiger partial charge in [-0.05, 0) is 43.4 Å². The minimum atomic E-state index is -4.96. The number of carbonyl (C=O) groups is 4. The summed E-state index contributed by atoms with van der Waals surface area (Å²) >= 11 is 0. The van der Waals surface area contributed by atoms with Crippen molar-refractivity contribution in [1.29, 1.82) is 0 Å². The summed E-state index contributed by atoms with van der Waals surface area (Å²) < 4.78 is 68.8. The van der Waals surface area contributed by atoms with Crippen molar-refractivity contribution in [1.82, 2.24) is 0 Å². The lowest BCUT2D eigenvalue weighted by atomic mass is 9.99. The monoisotopic (exact) mass is 1510 g/mol. The Morgan fingerprint density at radius 3 is 0.738 bits per heavy atom. The molecule has 0 bridgehead atoms. The highest BCUT2D eigenvalue weighted by Gasteiger charge is 2.30. The third-order valence-corrected chi connectivity index (χ3v) is 21.9. The summed E-state index contributed by atoms with van der Waals surface area (Å²) in [6.07, 6.45) is 63.9. The van der Waals surface area contributed by atoms with Gasteiger partial charge in [-0.2, -0.15) is 0 Å². The molecule has 0 saturated carbocycles. The van der Waals surface area contributed by atoms with Crippen LogP contribution in [0.3, 0.4) is 0 Å². The molecule has 0 aliphatic heterocycles. The third kappa shape index (κ3) is 76.6. The Morgan fingerprint density at radius 1 is 0.282 bits per heavy atom. The van der Waals surface area contributed by atoms with E-state index in [1.165, 1.54) is 250 Å². The van der Waals surface area contributed by atoms with Crippen molar-refractivity contribution in [2.75, 3.05) is 39.6 Å². The van der Waals surface area contributed by atoms with Crippen LogP contribution in [-0.2, 0) is 65.4 Å². The average Bonchev–Trinajstić information content (AvgIpc) is 0.917. The van der Waals surface area contributed by atoms with Crippen LogP contribution in [0, 0.1) is 17.8 Å². The number of aliphatic hydroxyl groups excluding tert-OH is 1. The molecule has 0 saturated heterocycles. The zero-order valence-electron chi connectivity index (χ0n) is 67.8. The number of esters is 4. The van der Waals surface area contributed by atoms with Gasteiger partial charge in [0.25, 0.3) is 0 Å². The highest BCUT2D eigenvalue weighted by Crippen LogP contribution is 2.45. The smallest absolute Gasteiger partial charge is 0.462 e. The van der Waals surface area contributed by atoms with Gasteiger partial charge < -0.3 is 33.8 Å². The molecule has 0 aromatic heterocycles. The lowest BCUT2D eigenvalue weighted by Gasteiger charge is -2.21. The minimum absolute atomic E-state index is 0.106. The summed E-state index contributed by atoms with van der Waals surface area (Å²) in [6.45, 7) is 12.0. The first-order valence-corrected chi connectivity index (χ1v) is 46.4. The largest absolute Gasteiger partial charge is 0.472 e. The Bertz CT molecular complexity index is 1990. The quantitative estimate of drug-likeness (QED) is 0.0222. The molecule has 0 aliphatic rings. The van der Waals surface area contributed by atoms with Gasteiger partial charge >= 0.3 is 39.5 Å². The van der Waals surface area contributed by atoms with E-state index in [4.69, 9.17) is 37.0 Å². The highest BCUT2D eigenvalue weighted by molar-refractivity contribution is 7.47. The number of phosphoric acid groups is 2. The van der Waals surface area contributed by atoms with Crippen LogP contribution < -0.4 is 0 Å². The second-order valence-corrected chi connectivity index (χ2v) is 34.3. The van der Waals surface area contributed by atoms with Crippen molar-refractivity contribution in [2.45, 2.75) is 458 Å². The zero-order chi connectivity index (χ0) is 75.8. The zero-order valence-corrected chi connectivity index (χ0v) is 69.6. The predicted molar refractivity (Wildman–Crippen MR) is 423 cm³/mol. The summed E-state index contributed by atoms with van der Waals surface area (Å²) in [5, 5.41) is 10.7. The molecule has 0 aromatic rings. The normalized spacial score (nSPS) is 14.2. The molecule has 0 fully saturated rings. The van der Waals surface area contributed by atoms with E-state index in [2.05, 4.69) is 48.5 Å². The van der Waals surface area contributed by atoms with Crippen LogP contribution >= 0.6 is 15.6 Å². The standard InChI is InChI=1S/C84H164O17P2/c1-8-10-11-12-13-14-15-16-17-18-19-20-21-22-23-24-25-32-37-46-53-60-67-83(88)100-79(71-94-81(86)65-58-51-44-36-31-27-26-29-34-41-48-55-62-75(3)4)73-98-102(90,91)96-69-78(85)70-97-103(92,93)99-74-80(72-95-82(87)66-59-52-45-40-39-43-50-57-64-77(7)9-2)101-84(89)68-61-54-47-38-33-28-30-35-42-49-56-63-76(5)6/h75-80,85H,8-74H2,1-7H3,(H,90,91)(H,92,93)/t77?,78-,79-,80-/m1/s1. The number of aliphatic hydroxyl groups is 1. The van der Waals surface area contributed by atoms with E-state index in [9.17, 15) is 43.2 Å². The lowest BCUT2D eigenvalue weighted by molar-refractivity contribution is -0.161. The first-order valence-electron chi connectivity index (χ1n) is 43.4. The number of unbranched alkanes of at least 4 members (excludes halogenated alkanes) is 49. The van der Waals surface area contributed by atoms with E-state index in [0.717, 1.165) is 108 Å². The maximum Gasteiger partial charge on any atom is 0.472 e. The molecule has 0 aliphatic carbocycles. The van der Waals surface area contributed by atoms with Crippen LogP contribution in [0.25, 0.3) is 0 Å². The van der Waals surface area contributed by atoms with E-state index in [0.29, 0.717) is 25.7 Å². The first kappa shape index (κ1) is 101. The molecule has 0 rings (SSSR count). The van der Waals surface area contributed by atoms with Crippen molar-refractivity contribution < 1.29 is 80.2 Å². The van der Waals surface area contributed by atoms with Crippen molar-refractivity contribution >= 4 is 39.5 Å². The minimum Gasteiger partial charge on any atom is -0.462 e. The molecule has 0 aromatic carbocycles. The molecule has 103 heavy (non-hydrogen) atoms. The Labute approximate surface area is 632 Å². The van der Waals surface area contributed by atoms with Crippen LogP contribution in [0.5, 0.6) is 0 Å². The first-order chi connectivity index (χ1) is 49.8. The van der Waals surface area contributed by atoms with Crippen LogP contribution in [0.2, 0.25) is 0 Å². The Morgan fingerprint density at radius 2 is 0.495 bits per heavy atom. The molecule has 17 nitrogen and oxygen atoms in total. The molecule has 0 heterocycles. The summed E-state index contributed by atoms with van der Waals surface area (Å²) in [5.41, 5.74) is 0. The van der Waals surface area contributed by atoms with Crippen molar-refractivity contribution in [3.63, 3.8) is 0 Å². The molecule has 0 amide bonds. The van der Waals surface area contributed by atoms with Gasteiger partial charge in [-0.1, -0.05) is 389 Å². The molecule has 3 N–H and O–H groups in total. The van der Waals surface area contributed by atoms with Gasteiger partial charge in [0.2, 0.25) is 0 Å². The van der Waals surface area contributed by atoms with Crippen molar-refractivity contribution in [3.05, 3.63) is 0 Å². The predicted octanol–water partition coefficient (Wildman–Crippen LogP) is 25.3. The van der Waals surface area contributed by atoms with Gasteiger partial charge in [0.1, 0.15) is 19.3 Å². The second-order valence-electron chi connectivity index (χ2n) is 31.4. The van der Waals surface area contributed by atoms with Crippen LogP contribution in [-0.4, -0.2) is 96.7 Å². The molecular formula is C84H164O17P2. The molecule has 0 radical (unpaired) electrons. The highest BCUT2D eigenvalue weighted by atomic mass is 31.2. The molecule has 6 atom stereocenters. The van der Waals surface area contributed by atoms with Gasteiger partial charge in [0.15, 0.2) is 12.2 Å². The maximum absolute atomic E-state index is 13.1. The SMILES string of the molecule is CCCCCCCCCCCCCCCCCCCCCCCCC(=O)O[C@H](COC(=O)CCCCCCCCCCCCCCC(C)C)COP(=O)(O)OC[C@@H](O)COP(=O)(O)OC[C@@H](COC(=O)CCCCCCCCCCC(C)CC)OC(=O)CCCCCCCCCCCCCC(C)C. The Kier molecular flexibility index (Phi) is 72.8. The second kappa shape index (κ2) is 74.2. The number of rotatable bonds is 82. The van der Waals surface area contributed by atoms with E-state index >= 15 is 0 Å². The van der Waals surface area contributed by atoms with Crippen LogP contribution in [0.4, 0.5) is 0 Å². The molecule has 3 unspecified atom stereocenters. The number of hydrogen-bond donors (Lipinski definition) is 3. The van der Waals surface area contributed by atoms with Gasteiger partial charge in [0.05, 0.1) is 26.4 Å². The van der Waals surface area contributed by atoms with Gasteiger partial charge in [-0.3, -0.25) is 37.3 Å². The lowest BCUT2D eigenvalue weighted by Crippen LogP contribution is -2.30. The van der Waals surface area contributed by atoms with Crippen LogP contribution in [0.15, 0.2) is 0 Å². The third-order valence-electron chi connectivity index (χ3n) is 20.0. The summed E-state index contributed by atoms with van der Waals surface area (Å²) in [4.78, 5) is 73.2. The van der Waals surface area contributed by atoms with E-state index in [-0.39, 0.29) is 25.7 Å². The molecule has 0 spiro atoms. The number of ether oxygens (including phenoxy) is 4. The average molecular weight is 1510 g/mol. The molecule has 612 valence electrons. The summed E-state index contributed by atoms with van der Waals surface area (Å²) in [5.74, 6) is 0.216. The Hall–Kier alpha value is -1.94. The fourth-order valence-electron chi connectivity index (χ4n) is 13.0. The Balaban J connectivity index is 5.24. The summed E-state index contributed by atoms with van der Waals surface area (Å²) in [7, 11) is -9.93. The van der Waals surface area contributed by atoms with E-state index < -0.39 is 97.5 Å². The molecule has 19 heteroatoms. The fraction of sp³-hybridized carbons (Fsp3) is 0.952. The van der Waals surface area contributed by atoms with Crippen molar-refractivity contribution in [2.24, 2.45) is 17.8 Å². The topological polar surface area (TPSA) is 237 Å². The molecular weight excluding hydrogens is 1340 g/mol.